The van der Waals surface area contributed by atoms with Crippen molar-refractivity contribution in [3.05, 3.63) is 71.3 Å². The molecule has 0 fully saturated rings. The first-order valence-corrected chi connectivity index (χ1v) is 7.19. The second-order valence-corrected chi connectivity index (χ2v) is 5.27. The summed E-state index contributed by atoms with van der Waals surface area (Å²) in [5.74, 6) is -0.351. The molecular formula is C18H21NO2. The first kappa shape index (κ1) is 15.3. The lowest BCUT2D eigenvalue weighted by molar-refractivity contribution is -0.172. The molecular weight excluding hydrogens is 262 g/mol. The normalized spacial score (nSPS) is 12.0. The maximum Gasteiger partial charge on any atom is 0.243 e. The molecule has 0 spiro atoms. The Labute approximate surface area is 125 Å². The number of carbonyl (C=O) groups is 1. The largest absolute Gasteiger partial charge is 0.285 e. The van der Waals surface area contributed by atoms with Gasteiger partial charge in [0.05, 0.1) is 6.04 Å². The van der Waals surface area contributed by atoms with Crippen molar-refractivity contribution < 1.29 is 10.0 Å². The molecule has 0 aromatic heterocycles. The minimum atomic E-state index is -0.351. The summed E-state index contributed by atoms with van der Waals surface area (Å²) >= 11 is 0. The first-order valence-electron chi connectivity index (χ1n) is 7.19. The van der Waals surface area contributed by atoms with Crippen LogP contribution in [0.2, 0.25) is 0 Å². The van der Waals surface area contributed by atoms with Crippen molar-refractivity contribution in [2.75, 3.05) is 0 Å². The van der Waals surface area contributed by atoms with Crippen LogP contribution in [0, 0.1) is 0 Å². The third-order valence-corrected chi connectivity index (χ3v) is 3.70. The van der Waals surface area contributed by atoms with Crippen molar-refractivity contribution in [1.29, 1.82) is 0 Å². The van der Waals surface area contributed by atoms with Gasteiger partial charge in [0.25, 0.3) is 0 Å². The van der Waals surface area contributed by atoms with Crippen LogP contribution in [0.15, 0.2) is 54.6 Å². The zero-order valence-corrected chi connectivity index (χ0v) is 12.5. The Kier molecular flexibility index (Phi) is 5.12. The lowest BCUT2D eigenvalue weighted by Crippen LogP contribution is -2.27. The van der Waals surface area contributed by atoms with Gasteiger partial charge in [-0.3, -0.25) is 10.0 Å². The highest BCUT2D eigenvalue weighted by Crippen LogP contribution is 2.19. The van der Waals surface area contributed by atoms with Gasteiger partial charge in [0.1, 0.15) is 0 Å². The molecule has 0 saturated carbocycles. The molecule has 0 aliphatic heterocycles. The Morgan fingerprint density at radius 1 is 1.00 bits per heavy atom. The quantitative estimate of drug-likeness (QED) is 0.670. The molecule has 1 N–H and O–H groups in total. The lowest BCUT2D eigenvalue weighted by atomic mass is 10.0. The van der Waals surface area contributed by atoms with Gasteiger partial charge in [-0.2, -0.15) is 0 Å². The van der Waals surface area contributed by atoms with Crippen molar-refractivity contribution in [3.63, 3.8) is 0 Å². The van der Waals surface area contributed by atoms with Crippen LogP contribution in [-0.2, 0) is 17.6 Å². The number of benzene rings is 2. The first-order chi connectivity index (χ1) is 10.1. The highest BCUT2D eigenvalue weighted by Gasteiger charge is 2.15. The third-order valence-electron chi connectivity index (χ3n) is 3.70. The summed E-state index contributed by atoms with van der Waals surface area (Å²) in [4.78, 5) is 11.2. The predicted molar refractivity (Wildman–Crippen MR) is 83.0 cm³/mol. The number of nitrogens with zero attached hydrogens (tertiary/aromatic N) is 1. The Morgan fingerprint density at radius 2 is 1.52 bits per heavy atom. The molecule has 0 radical (unpaired) electrons. The summed E-state index contributed by atoms with van der Waals surface area (Å²) in [6.45, 7) is 3.16. The summed E-state index contributed by atoms with van der Waals surface area (Å²) < 4.78 is 0. The number of carbonyl (C=O) groups excluding carboxylic acids is 1. The average Bonchev–Trinajstić information content (AvgIpc) is 2.53. The maximum absolute atomic E-state index is 11.2. The van der Waals surface area contributed by atoms with Crippen LogP contribution < -0.4 is 0 Å². The fourth-order valence-electron chi connectivity index (χ4n) is 2.31. The number of hydrogen-bond acceptors (Lipinski definition) is 2. The van der Waals surface area contributed by atoms with E-state index in [-0.39, 0.29) is 11.9 Å². The van der Waals surface area contributed by atoms with E-state index in [0.717, 1.165) is 23.5 Å². The molecule has 1 unspecified atom stereocenters. The third kappa shape index (κ3) is 4.17. The number of rotatable bonds is 5. The number of aryl methyl sites for hydroxylation is 2. The van der Waals surface area contributed by atoms with Gasteiger partial charge < -0.3 is 0 Å². The average molecular weight is 283 g/mol. The highest BCUT2D eigenvalue weighted by molar-refractivity contribution is 5.72. The van der Waals surface area contributed by atoms with Gasteiger partial charge in [0.2, 0.25) is 5.91 Å². The monoisotopic (exact) mass is 283 g/mol. The van der Waals surface area contributed by atoms with E-state index < -0.39 is 0 Å². The van der Waals surface area contributed by atoms with Gasteiger partial charge in [-0.05, 0) is 36.5 Å². The Bertz CT molecular complexity index is 578. The maximum atomic E-state index is 11.2. The van der Waals surface area contributed by atoms with Gasteiger partial charge >= 0.3 is 0 Å². The van der Waals surface area contributed by atoms with Crippen LogP contribution in [0.3, 0.4) is 0 Å². The van der Waals surface area contributed by atoms with Gasteiger partial charge in [-0.15, -0.1) is 0 Å². The Balaban J connectivity index is 1.97. The molecule has 2 aromatic carbocycles. The van der Waals surface area contributed by atoms with Crippen LogP contribution in [0.5, 0.6) is 0 Å². The van der Waals surface area contributed by atoms with E-state index in [9.17, 15) is 10.0 Å². The van der Waals surface area contributed by atoms with E-state index in [0.29, 0.717) is 0 Å². The summed E-state index contributed by atoms with van der Waals surface area (Å²) in [5.41, 5.74) is 3.51. The van der Waals surface area contributed by atoms with Crippen molar-refractivity contribution in [3.8, 4) is 0 Å². The van der Waals surface area contributed by atoms with E-state index in [1.54, 1.807) is 6.92 Å². The minimum Gasteiger partial charge on any atom is -0.285 e. The number of hydrogen-bond donors (Lipinski definition) is 1. The molecule has 0 saturated heterocycles. The van der Waals surface area contributed by atoms with Crippen molar-refractivity contribution in [2.45, 2.75) is 32.7 Å². The standard InChI is InChI=1S/C18H21NO2/c1-14(19(21)15(2)20)18-12-10-17(11-13-18)9-8-16-6-4-3-5-7-16/h3-7,10-14,21H,8-9H2,1-2H3. The number of hydroxylamine groups is 2. The van der Waals surface area contributed by atoms with Crippen molar-refractivity contribution in [1.82, 2.24) is 5.06 Å². The topological polar surface area (TPSA) is 40.5 Å². The van der Waals surface area contributed by atoms with E-state index in [1.165, 1.54) is 18.1 Å². The summed E-state index contributed by atoms with van der Waals surface area (Å²) in [6.07, 6.45) is 1.99. The van der Waals surface area contributed by atoms with Gasteiger partial charge in [0, 0.05) is 6.92 Å². The predicted octanol–water partition coefficient (Wildman–Crippen LogP) is 3.77. The zero-order chi connectivity index (χ0) is 15.2. The number of amides is 1. The molecule has 3 heteroatoms. The molecule has 0 aliphatic carbocycles. The molecule has 110 valence electrons. The van der Waals surface area contributed by atoms with Crippen molar-refractivity contribution in [2.24, 2.45) is 0 Å². The van der Waals surface area contributed by atoms with Gasteiger partial charge in [0.15, 0.2) is 0 Å². The summed E-state index contributed by atoms with van der Waals surface area (Å²) in [6, 6.07) is 18.1. The highest BCUT2D eigenvalue weighted by atomic mass is 16.5. The van der Waals surface area contributed by atoms with E-state index in [2.05, 4.69) is 36.4 Å². The molecule has 3 nitrogen and oxygen atoms in total. The van der Waals surface area contributed by atoms with Gasteiger partial charge in [-0.1, -0.05) is 54.6 Å². The Hall–Kier alpha value is -2.13. The summed E-state index contributed by atoms with van der Waals surface area (Å²) in [7, 11) is 0. The molecule has 1 atom stereocenters. The molecule has 0 aliphatic rings. The zero-order valence-electron chi connectivity index (χ0n) is 12.5. The Morgan fingerprint density at radius 3 is 2.05 bits per heavy atom. The lowest BCUT2D eigenvalue weighted by Gasteiger charge is -2.21. The van der Waals surface area contributed by atoms with E-state index >= 15 is 0 Å². The van der Waals surface area contributed by atoms with Crippen LogP contribution in [-0.4, -0.2) is 16.2 Å². The molecule has 0 heterocycles. The van der Waals surface area contributed by atoms with E-state index in [4.69, 9.17) is 0 Å². The molecule has 2 aromatic rings. The smallest absolute Gasteiger partial charge is 0.243 e. The summed E-state index contributed by atoms with van der Waals surface area (Å²) in [5, 5.41) is 10.4. The SMILES string of the molecule is CC(=O)N(O)C(C)c1ccc(CCc2ccccc2)cc1. The van der Waals surface area contributed by atoms with Crippen molar-refractivity contribution >= 4 is 5.91 Å². The molecule has 1 amide bonds. The van der Waals surface area contributed by atoms with Gasteiger partial charge in [-0.25, -0.2) is 5.06 Å². The molecule has 0 bridgehead atoms. The fraction of sp³-hybridized carbons (Fsp3) is 0.278. The van der Waals surface area contributed by atoms with Crippen LogP contribution in [0.25, 0.3) is 0 Å². The molecule has 21 heavy (non-hydrogen) atoms. The van der Waals surface area contributed by atoms with Crippen LogP contribution in [0.1, 0.15) is 36.6 Å². The second-order valence-electron chi connectivity index (χ2n) is 5.27. The van der Waals surface area contributed by atoms with Crippen LogP contribution in [0.4, 0.5) is 0 Å². The fourth-order valence-corrected chi connectivity index (χ4v) is 2.31. The minimum absolute atomic E-state index is 0.328. The second kappa shape index (κ2) is 7.04. The molecule has 2 rings (SSSR count). The van der Waals surface area contributed by atoms with Crippen LogP contribution >= 0.6 is 0 Å². The van der Waals surface area contributed by atoms with E-state index in [1.807, 2.05) is 18.2 Å².